The highest BCUT2D eigenvalue weighted by Crippen LogP contribution is 2.33. The Hall–Kier alpha value is -1.84. The van der Waals surface area contributed by atoms with Gasteiger partial charge in [-0.2, -0.15) is 0 Å². The fourth-order valence-corrected chi connectivity index (χ4v) is 3.77. The number of carbonyl (C=O) groups is 3. The number of amides is 2. The highest BCUT2D eigenvalue weighted by Gasteiger charge is 2.36. The standard InChI is InChI=1S/C18H11ClINO4S/c19-12-4-2-11(3-5-12)15(23)9-21-17(24)16(26-18(21)25)8-10-1-6-14(22)13(20)7-10/h1-8,22H,9H2/b16-8-. The van der Waals surface area contributed by atoms with Gasteiger partial charge in [0.15, 0.2) is 5.78 Å². The molecule has 8 heteroatoms. The van der Waals surface area contributed by atoms with Gasteiger partial charge in [0.05, 0.1) is 15.0 Å². The smallest absolute Gasteiger partial charge is 0.293 e. The molecular formula is C18H11ClINO4S. The summed E-state index contributed by atoms with van der Waals surface area (Å²) in [6, 6.07) is 11.1. The quantitative estimate of drug-likeness (QED) is 0.379. The van der Waals surface area contributed by atoms with E-state index in [0.29, 0.717) is 19.7 Å². The number of halogens is 2. The number of imide groups is 1. The van der Waals surface area contributed by atoms with Crippen LogP contribution >= 0.6 is 46.0 Å². The molecule has 1 N–H and O–H groups in total. The highest BCUT2D eigenvalue weighted by molar-refractivity contribution is 14.1. The van der Waals surface area contributed by atoms with Crippen molar-refractivity contribution in [2.24, 2.45) is 0 Å². The van der Waals surface area contributed by atoms with E-state index < -0.39 is 11.1 Å². The molecule has 0 atom stereocenters. The zero-order chi connectivity index (χ0) is 18.8. The van der Waals surface area contributed by atoms with E-state index in [1.165, 1.54) is 6.07 Å². The number of benzene rings is 2. The van der Waals surface area contributed by atoms with Crippen molar-refractivity contribution in [1.82, 2.24) is 4.90 Å². The van der Waals surface area contributed by atoms with Gasteiger partial charge in [-0.05, 0) is 82.4 Å². The third-order valence-corrected chi connectivity index (χ3v) is 5.63. The molecule has 1 saturated heterocycles. The van der Waals surface area contributed by atoms with Gasteiger partial charge in [0.25, 0.3) is 11.1 Å². The molecule has 0 bridgehead atoms. The van der Waals surface area contributed by atoms with Crippen molar-refractivity contribution in [2.45, 2.75) is 0 Å². The van der Waals surface area contributed by atoms with Gasteiger partial charge in [-0.3, -0.25) is 19.3 Å². The zero-order valence-electron chi connectivity index (χ0n) is 13.1. The number of hydrogen-bond acceptors (Lipinski definition) is 5. The minimum Gasteiger partial charge on any atom is -0.507 e. The van der Waals surface area contributed by atoms with Crippen LogP contribution < -0.4 is 0 Å². The second kappa shape index (κ2) is 7.81. The topological polar surface area (TPSA) is 74.7 Å². The van der Waals surface area contributed by atoms with Gasteiger partial charge in [0.2, 0.25) is 0 Å². The number of phenolic OH excluding ortho intramolecular Hbond substituents is 1. The molecule has 0 radical (unpaired) electrons. The van der Waals surface area contributed by atoms with Crippen molar-refractivity contribution in [3.63, 3.8) is 0 Å². The molecule has 1 aliphatic heterocycles. The monoisotopic (exact) mass is 499 g/mol. The molecule has 0 aromatic heterocycles. The van der Waals surface area contributed by atoms with E-state index in [1.54, 1.807) is 42.5 Å². The van der Waals surface area contributed by atoms with Crippen LogP contribution in [0, 0.1) is 3.57 Å². The van der Waals surface area contributed by atoms with Crippen molar-refractivity contribution >= 4 is 69.0 Å². The van der Waals surface area contributed by atoms with Gasteiger partial charge < -0.3 is 5.11 Å². The lowest BCUT2D eigenvalue weighted by Gasteiger charge is -2.11. The van der Waals surface area contributed by atoms with Crippen LogP contribution in [0.3, 0.4) is 0 Å². The van der Waals surface area contributed by atoms with Crippen molar-refractivity contribution in [2.75, 3.05) is 6.54 Å². The summed E-state index contributed by atoms with van der Waals surface area (Å²) in [5, 5.41) is 9.57. The minimum absolute atomic E-state index is 0.143. The fourth-order valence-electron chi connectivity index (χ4n) is 2.27. The predicted octanol–water partition coefficient (Wildman–Crippen LogP) is 4.57. The van der Waals surface area contributed by atoms with E-state index in [9.17, 15) is 19.5 Å². The Balaban J connectivity index is 1.78. The van der Waals surface area contributed by atoms with Crippen LogP contribution in [0.15, 0.2) is 47.4 Å². The van der Waals surface area contributed by atoms with Crippen LogP contribution in [0.1, 0.15) is 15.9 Å². The van der Waals surface area contributed by atoms with Crippen LogP contribution in [0.25, 0.3) is 6.08 Å². The number of carbonyl (C=O) groups excluding carboxylic acids is 3. The molecule has 1 fully saturated rings. The van der Waals surface area contributed by atoms with Crippen molar-refractivity contribution in [3.05, 3.63) is 67.1 Å². The molecule has 132 valence electrons. The molecule has 2 aromatic rings. The molecule has 0 saturated carbocycles. The lowest BCUT2D eigenvalue weighted by molar-refractivity contribution is -0.122. The molecule has 1 aliphatic rings. The van der Waals surface area contributed by atoms with Gasteiger partial charge in [0.1, 0.15) is 5.75 Å². The Morgan fingerprint density at radius 3 is 2.54 bits per heavy atom. The second-order valence-electron chi connectivity index (χ2n) is 5.41. The number of hydrogen-bond donors (Lipinski definition) is 1. The SMILES string of the molecule is O=C(CN1C(=O)S/C(=C\c2ccc(O)c(I)c2)C1=O)c1ccc(Cl)cc1. The molecule has 0 aliphatic carbocycles. The fraction of sp³-hybridized carbons (Fsp3) is 0.0556. The Morgan fingerprint density at radius 1 is 1.19 bits per heavy atom. The number of thioether (sulfide) groups is 1. The van der Waals surface area contributed by atoms with E-state index in [2.05, 4.69) is 0 Å². The van der Waals surface area contributed by atoms with Crippen LogP contribution in [-0.4, -0.2) is 33.5 Å². The Labute approximate surface area is 172 Å². The predicted molar refractivity (Wildman–Crippen MR) is 109 cm³/mol. The molecule has 0 spiro atoms. The van der Waals surface area contributed by atoms with E-state index >= 15 is 0 Å². The van der Waals surface area contributed by atoms with E-state index in [0.717, 1.165) is 16.7 Å². The normalized spacial score (nSPS) is 15.8. The zero-order valence-corrected chi connectivity index (χ0v) is 16.8. The molecule has 5 nitrogen and oxygen atoms in total. The first kappa shape index (κ1) is 18.9. The molecule has 26 heavy (non-hydrogen) atoms. The first-order chi connectivity index (χ1) is 12.3. The number of phenols is 1. The minimum atomic E-state index is -0.509. The average Bonchev–Trinajstić information content (AvgIpc) is 2.86. The van der Waals surface area contributed by atoms with Crippen molar-refractivity contribution in [1.29, 1.82) is 0 Å². The molecule has 2 aromatic carbocycles. The Morgan fingerprint density at radius 2 is 1.88 bits per heavy atom. The van der Waals surface area contributed by atoms with Crippen LogP contribution in [-0.2, 0) is 4.79 Å². The summed E-state index contributed by atoms with van der Waals surface area (Å²) in [6.07, 6.45) is 1.57. The molecular weight excluding hydrogens is 489 g/mol. The summed E-state index contributed by atoms with van der Waals surface area (Å²) < 4.78 is 0.633. The average molecular weight is 500 g/mol. The molecule has 0 unspecified atom stereocenters. The van der Waals surface area contributed by atoms with Crippen LogP contribution in [0.4, 0.5) is 4.79 Å². The lowest BCUT2D eigenvalue weighted by Crippen LogP contribution is -2.33. The van der Waals surface area contributed by atoms with E-state index in [1.807, 2.05) is 22.6 Å². The second-order valence-corrected chi connectivity index (χ2v) is 8.00. The van der Waals surface area contributed by atoms with Gasteiger partial charge in [-0.1, -0.05) is 17.7 Å². The largest absolute Gasteiger partial charge is 0.507 e. The maximum atomic E-state index is 12.5. The summed E-state index contributed by atoms with van der Waals surface area (Å²) in [6.45, 7) is -0.323. The number of Topliss-reactive ketones (excluding diaryl/α,β-unsaturated/α-hetero) is 1. The van der Waals surface area contributed by atoms with Gasteiger partial charge >= 0.3 is 0 Å². The number of ketones is 1. The summed E-state index contributed by atoms with van der Waals surface area (Å²) in [7, 11) is 0. The lowest BCUT2D eigenvalue weighted by atomic mass is 10.1. The van der Waals surface area contributed by atoms with Crippen molar-refractivity contribution in [3.8, 4) is 5.75 Å². The first-order valence-electron chi connectivity index (χ1n) is 7.38. The first-order valence-corrected chi connectivity index (χ1v) is 9.65. The highest BCUT2D eigenvalue weighted by atomic mass is 127. The number of nitrogens with zero attached hydrogens (tertiary/aromatic N) is 1. The summed E-state index contributed by atoms with van der Waals surface area (Å²) >= 11 is 8.55. The summed E-state index contributed by atoms with van der Waals surface area (Å²) in [5.74, 6) is -0.709. The molecule has 3 rings (SSSR count). The maximum absolute atomic E-state index is 12.5. The van der Waals surface area contributed by atoms with E-state index in [-0.39, 0.29) is 23.0 Å². The summed E-state index contributed by atoms with van der Waals surface area (Å²) in [4.78, 5) is 38.1. The third kappa shape index (κ3) is 4.11. The Bertz CT molecular complexity index is 943. The van der Waals surface area contributed by atoms with E-state index in [4.69, 9.17) is 11.6 Å². The summed E-state index contributed by atoms with van der Waals surface area (Å²) in [5.41, 5.74) is 1.06. The van der Waals surface area contributed by atoms with Gasteiger partial charge in [-0.15, -0.1) is 0 Å². The Kier molecular flexibility index (Phi) is 5.69. The number of rotatable bonds is 4. The number of aromatic hydroxyl groups is 1. The van der Waals surface area contributed by atoms with Crippen LogP contribution in [0.5, 0.6) is 5.75 Å². The molecule has 1 heterocycles. The van der Waals surface area contributed by atoms with Gasteiger partial charge in [0, 0.05) is 10.6 Å². The molecule has 2 amide bonds. The maximum Gasteiger partial charge on any atom is 0.293 e. The van der Waals surface area contributed by atoms with Crippen molar-refractivity contribution < 1.29 is 19.5 Å². The third-order valence-electron chi connectivity index (χ3n) is 3.61. The van der Waals surface area contributed by atoms with Gasteiger partial charge in [-0.25, -0.2) is 0 Å². The van der Waals surface area contributed by atoms with Crippen LogP contribution in [0.2, 0.25) is 5.02 Å².